The Morgan fingerprint density at radius 2 is 2.04 bits per heavy atom. The molecule has 3 N–H and O–H groups in total. The number of hydrogen-bond donors (Lipinski definition) is 3. The molecule has 0 amide bonds. The van der Waals surface area contributed by atoms with Crippen molar-refractivity contribution in [2.75, 3.05) is 32.9 Å². The first kappa shape index (κ1) is 25.0. The molecular weight excluding hydrogens is 469 g/mol. The van der Waals surface area contributed by atoms with Crippen LogP contribution in [0.4, 0.5) is 0 Å². The summed E-state index contributed by atoms with van der Waals surface area (Å²) in [5.41, 5.74) is 2.21. The van der Waals surface area contributed by atoms with Crippen LogP contribution in [0.1, 0.15) is 44.2 Å². The van der Waals surface area contributed by atoms with Crippen LogP contribution in [0.5, 0.6) is 5.75 Å². The van der Waals surface area contributed by atoms with E-state index in [0.717, 1.165) is 55.2 Å². The zero-order valence-electron chi connectivity index (χ0n) is 17.4. The Hall–Kier alpha value is -1.06. The van der Waals surface area contributed by atoms with Gasteiger partial charge in [0.05, 0.1) is 19.3 Å². The summed E-state index contributed by atoms with van der Waals surface area (Å²) in [5.74, 6) is 1.95. The van der Waals surface area contributed by atoms with Crippen LogP contribution in [-0.4, -0.2) is 50.1 Å². The number of nitrogens with zero attached hydrogens (tertiary/aromatic N) is 1. The minimum absolute atomic E-state index is 0. The summed E-state index contributed by atoms with van der Waals surface area (Å²) in [7, 11) is 0. The molecule has 1 saturated carbocycles. The Morgan fingerprint density at radius 3 is 2.71 bits per heavy atom. The molecule has 2 unspecified atom stereocenters. The molecule has 1 aromatic rings. The first-order valence-corrected chi connectivity index (χ1v) is 10.1. The number of rotatable bonds is 10. The van der Waals surface area contributed by atoms with Crippen molar-refractivity contribution in [2.24, 2.45) is 10.9 Å². The maximum atomic E-state index is 10.00. The van der Waals surface area contributed by atoms with Crippen molar-refractivity contribution >= 4 is 29.9 Å². The summed E-state index contributed by atoms with van der Waals surface area (Å²) in [6.45, 7) is 9.98. The monoisotopic (exact) mass is 505 g/mol. The van der Waals surface area contributed by atoms with Crippen molar-refractivity contribution in [3.05, 3.63) is 29.3 Å². The molecule has 0 heterocycles. The van der Waals surface area contributed by atoms with Crippen LogP contribution in [-0.2, 0) is 11.3 Å². The topological polar surface area (TPSA) is 75.1 Å². The highest BCUT2D eigenvalue weighted by Crippen LogP contribution is 2.24. The second kappa shape index (κ2) is 14.0. The van der Waals surface area contributed by atoms with E-state index in [1.54, 1.807) is 0 Å². The van der Waals surface area contributed by atoms with Crippen LogP contribution in [0.3, 0.4) is 0 Å². The molecule has 0 saturated heterocycles. The summed E-state index contributed by atoms with van der Waals surface area (Å²) in [6, 6.07) is 6.20. The van der Waals surface area contributed by atoms with Crippen LogP contribution >= 0.6 is 24.0 Å². The Balaban J connectivity index is 0.00000392. The molecule has 0 spiro atoms. The maximum Gasteiger partial charge on any atom is 0.191 e. The van der Waals surface area contributed by atoms with Gasteiger partial charge in [-0.1, -0.05) is 18.6 Å². The van der Waals surface area contributed by atoms with E-state index in [4.69, 9.17) is 14.5 Å². The summed E-state index contributed by atoms with van der Waals surface area (Å²) in [6.07, 6.45) is 2.89. The molecule has 0 radical (unpaired) electrons. The molecule has 6 nitrogen and oxygen atoms in total. The number of ether oxygens (including phenoxy) is 2. The summed E-state index contributed by atoms with van der Waals surface area (Å²) in [5, 5.41) is 16.6. The average Bonchev–Trinajstić information content (AvgIpc) is 3.07. The van der Waals surface area contributed by atoms with Crippen molar-refractivity contribution < 1.29 is 14.6 Å². The largest absolute Gasteiger partial charge is 0.491 e. The van der Waals surface area contributed by atoms with Gasteiger partial charge in [0.15, 0.2) is 5.96 Å². The molecule has 0 aromatic heterocycles. The fraction of sp³-hybridized carbons (Fsp3) is 0.667. The molecule has 28 heavy (non-hydrogen) atoms. The van der Waals surface area contributed by atoms with E-state index in [1.807, 2.05) is 13.0 Å². The Labute approximate surface area is 186 Å². The van der Waals surface area contributed by atoms with E-state index in [1.165, 1.54) is 0 Å². The van der Waals surface area contributed by atoms with Crippen LogP contribution in [0.15, 0.2) is 23.2 Å². The molecule has 7 heteroatoms. The highest BCUT2D eigenvalue weighted by Gasteiger charge is 2.24. The van der Waals surface area contributed by atoms with Gasteiger partial charge in [-0.05, 0) is 45.2 Å². The number of aliphatic imine (C=N–C) groups is 1. The van der Waals surface area contributed by atoms with Crippen molar-refractivity contribution in [3.63, 3.8) is 0 Å². The smallest absolute Gasteiger partial charge is 0.191 e. The third-order valence-electron chi connectivity index (χ3n) is 4.81. The molecule has 1 aliphatic carbocycles. The highest BCUT2D eigenvalue weighted by molar-refractivity contribution is 14.0. The van der Waals surface area contributed by atoms with Crippen LogP contribution in [0, 0.1) is 12.8 Å². The van der Waals surface area contributed by atoms with E-state index in [0.29, 0.717) is 32.3 Å². The van der Waals surface area contributed by atoms with E-state index >= 15 is 0 Å². The van der Waals surface area contributed by atoms with Gasteiger partial charge in [-0.2, -0.15) is 0 Å². The predicted octanol–water partition coefficient (Wildman–Crippen LogP) is 3.24. The summed E-state index contributed by atoms with van der Waals surface area (Å²) < 4.78 is 11.3. The first-order valence-electron chi connectivity index (χ1n) is 10.1. The molecule has 160 valence electrons. The minimum Gasteiger partial charge on any atom is -0.491 e. The number of aliphatic hydroxyl groups excluding tert-OH is 1. The second-order valence-electron chi connectivity index (χ2n) is 6.99. The van der Waals surface area contributed by atoms with Crippen molar-refractivity contribution in [2.45, 2.75) is 52.7 Å². The first-order chi connectivity index (χ1) is 13.1. The second-order valence-corrected chi connectivity index (χ2v) is 6.99. The van der Waals surface area contributed by atoms with E-state index in [9.17, 15) is 5.11 Å². The van der Waals surface area contributed by atoms with Gasteiger partial charge in [0.2, 0.25) is 0 Å². The van der Waals surface area contributed by atoms with Gasteiger partial charge >= 0.3 is 0 Å². The number of hydrogen-bond acceptors (Lipinski definition) is 4. The molecular formula is C21H36IN3O3. The van der Waals surface area contributed by atoms with Crippen molar-refractivity contribution in [1.29, 1.82) is 0 Å². The SMILES string of the molecule is CCNC(=NCc1ccc(C)cc1OCCOCC)NCC1CCCC1O.I. The van der Waals surface area contributed by atoms with Gasteiger partial charge in [-0.15, -0.1) is 24.0 Å². The quantitative estimate of drug-likeness (QED) is 0.197. The maximum absolute atomic E-state index is 10.00. The zero-order valence-corrected chi connectivity index (χ0v) is 19.7. The summed E-state index contributed by atoms with van der Waals surface area (Å²) in [4.78, 5) is 4.71. The molecule has 1 aliphatic rings. The molecule has 2 rings (SSSR count). The number of aryl methyl sites for hydroxylation is 1. The van der Waals surface area contributed by atoms with Crippen LogP contribution in [0.25, 0.3) is 0 Å². The fourth-order valence-corrected chi connectivity index (χ4v) is 3.27. The minimum atomic E-state index is -0.192. The van der Waals surface area contributed by atoms with Crippen LogP contribution in [0.2, 0.25) is 0 Å². The van der Waals surface area contributed by atoms with Gasteiger partial charge in [0.1, 0.15) is 12.4 Å². The number of aliphatic hydroxyl groups is 1. The third kappa shape index (κ3) is 8.53. The lowest BCUT2D eigenvalue weighted by Gasteiger charge is -2.18. The zero-order chi connectivity index (χ0) is 19.5. The molecule has 0 bridgehead atoms. The predicted molar refractivity (Wildman–Crippen MR) is 125 cm³/mol. The lowest BCUT2D eigenvalue weighted by Crippen LogP contribution is -2.41. The van der Waals surface area contributed by atoms with Gasteiger partial charge in [-0.3, -0.25) is 0 Å². The number of nitrogens with one attached hydrogen (secondary N) is 2. The summed E-state index contributed by atoms with van der Waals surface area (Å²) >= 11 is 0. The molecule has 0 aliphatic heterocycles. The number of halogens is 1. The lowest BCUT2D eigenvalue weighted by molar-refractivity contribution is 0.110. The highest BCUT2D eigenvalue weighted by atomic mass is 127. The third-order valence-corrected chi connectivity index (χ3v) is 4.81. The Bertz CT molecular complexity index is 598. The number of benzene rings is 1. The van der Waals surface area contributed by atoms with E-state index in [-0.39, 0.29) is 30.1 Å². The van der Waals surface area contributed by atoms with E-state index < -0.39 is 0 Å². The van der Waals surface area contributed by atoms with Gasteiger partial charge in [0.25, 0.3) is 0 Å². The number of guanidine groups is 1. The van der Waals surface area contributed by atoms with Crippen molar-refractivity contribution in [1.82, 2.24) is 10.6 Å². The average molecular weight is 505 g/mol. The normalized spacial score (nSPS) is 19.2. The molecule has 2 atom stereocenters. The Kier molecular flexibility index (Phi) is 12.5. The van der Waals surface area contributed by atoms with Crippen molar-refractivity contribution in [3.8, 4) is 5.75 Å². The lowest BCUT2D eigenvalue weighted by atomic mass is 10.1. The molecule has 1 fully saturated rings. The van der Waals surface area contributed by atoms with Gasteiger partial charge in [0, 0.05) is 31.2 Å². The van der Waals surface area contributed by atoms with Gasteiger partial charge in [-0.25, -0.2) is 4.99 Å². The molecule has 1 aromatic carbocycles. The van der Waals surface area contributed by atoms with E-state index in [2.05, 4.69) is 36.6 Å². The Morgan fingerprint density at radius 1 is 1.21 bits per heavy atom. The standard InChI is InChI=1S/C21H35N3O3.HI/c1-4-22-21(23-14-17-7-6-8-19(17)25)24-15-18-10-9-16(3)13-20(18)27-12-11-26-5-2;/h9-10,13,17,19,25H,4-8,11-12,14-15H2,1-3H3,(H2,22,23,24);1H. The fourth-order valence-electron chi connectivity index (χ4n) is 3.27. The van der Waals surface area contributed by atoms with Crippen LogP contribution < -0.4 is 15.4 Å². The van der Waals surface area contributed by atoms with Gasteiger partial charge < -0.3 is 25.2 Å².